The molecule has 6 rings (SSSR count). The minimum Gasteiger partial charge on any atom is -0.438 e. The van der Waals surface area contributed by atoms with Crippen LogP contribution in [0.25, 0.3) is 33.3 Å². The Hall–Kier alpha value is -4.28. The zero-order valence-corrected chi connectivity index (χ0v) is 22.9. The van der Waals surface area contributed by atoms with Gasteiger partial charge in [-0.2, -0.15) is 5.26 Å². The highest BCUT2D eigenvalue weighted by atomic mass is 16.6. The summed E-state index contributed by atoms with van der Waals surface area (Å²) in [5.41, 5.74) is 3.31. The molecule has 7 nitrogen and oxygen atoms in total. The lowest BCUT2D eigenvalue weighted by Gasteiger charge is -2.53. The number of ether oxygens (including phenoxy) is 1. The third kappa shape index (κ3) is 4.80. The highest BCUT2D eigenvalue weighted by Crippen LogP contribution is 2.60. The van der Waals surface area contributed by atoms with Crippen LogP contribution in [0, 0.1) is 17.2 Å². The predicted octanol–water partition coefficient (Wildman–Crippen LogP) is 6.49. The topological polar surface area (TPSA) is 108 Å². The maximum atomic E-state index is 12.9. The van der Waals surface area contributed by atoms with E-state index < -0.39 is 22.8 Å². The second-order valence-corrected chi connectivity index (χ2v) is 12.2. The average Bonchev–Trinajstić information content (AvgIpc) is 3.77. The van der Waals surface area contributed by atoms with Gasteiger partial charge in [0, 0.05) is 41.1 Å². The van der Waals surface area contributed by atoms with E-state index in [2.05, 4.69) is 16.4 Å². The molecule has 0 radical (unpaired) electrons. The quantitative estimate of drug-likeness (QED) is 0.304. The largest absolute Gasteiger partial charge is 0.438 e. The van der Waals surface area contributed by atoms with Gasteiger partial charge in [0.05, 0.1) is 16.8 Å². The van der Waals surface area contributed by atoms with E-state index in [1.165, 1.54) is 0 Å². The molecule has 40 heavy (non-hydrogen) atoms. The summed E-state index contributed by atoms with van der Waals surface area (Å²) in [4.78, 5) is 22.0. The van der Waals surface area contributed by atoms with Crippen molar-refractivity contribution >= 4 is 17.0 Å². The lowest BCUT2D eigenvalue weighted by Crippen LogP contribution is -2.59. The third-order valence-electron chi connectivity index (χ3n) is 7.90. The van der Waals surface area contributed by atoms with Crippen LogP contribution < -0.4 is 5.32 Å². The standard InChI is InChI=1S/C33H32N4O3/c1-31(2,3)37-30(38)40-33(19-32(39,20-33)23-13-14-23)24-11-9-22(10-12-24)29-25(21-7-5-4-6-8-21)17-26-27(36-29)15-16-35-28(26)18-34/h4-12,15-17,23,39H,13-14,19-20H2,1-3H3,(H,37,38). The highest BCUT2D eigenvalue weighted by Gasteiger charge is 2.63. The van der Waals surface area contributed by atoms with Gasteiger partial charge in [0.2, 0.25) is 0 Å². The van der Waals surface area contributed by atoms with Gasteiger partial charge in [-0.25, -0.2) is 14.8 Å². The molecular formula is C33H32N4O3. The minimum atomic E-state index is -0.891. The summed E-state index contributed by atoms with van der Waals surface area (Å²) < 4.78 is 6.07. The Labute approximate surface area is 233 Å². The summed E-state index contributed by atoms with van der Waals surface area (Å²) in [6.45, 7) is 5.73. The third-order valence-corrected chi connectivity index (χ3v) is 7.90. The number of carbonyl (C=O) groups is 1. The van der Waals surface area contributed by atoms with Crippen molar-refractivity contribution in [3.8, 4) is 28.5 Å². The van der Waals surface area contributed by atoms with Gasteiger partial charge in [0.1, 0.15) is 17.4 Å². The Kier molecular flexibility index (Phi) is 6.12. The fourth-order valence-corrected chi connectivity index (χ4v) is 5.87. The number of nitrogens with one attached hydrogen (secondary N) is 1. The number of fused-ring (bicyclic) bond motifs is 1. The summed E-state index contributed by atoms with van der Waals surface area (Å²) >= 11 is 0. The van der Waals surface area contributed by atoms with Crippen molar-refractivity contribution in [1.82, 2.24) is 15.3 Å². The maximum Gasteiger partial charge on any atom is 0.408 e. The summed E-state index contributed by atoms with van der Waals surface area (Å²) in [7, 11) is 0. The molecule has 2 aromatic carbocycles. The Bertz CT molecular complexity index is 1630. The zero-order valence-electron chi connectivity index (χ0n) is 22.9. The molecule has 2 aromatic heterocycles. The van der Waals surface area contributed by atoms with Gasteiger partial charge in [-0.1, -0.05) is 54.6 Å². The molecular weight excluding hydrogens is 500 g/mol. The van der Waals surface area contributed by atoms with Crippen LogP contribution in [0.2, 0.25) is 0 Å². The molecule has 4 aromatic rings. The summed E-state index contributed by atoms with van der Waals surface area (Å²) in [5, 5.41) is 24.4. The zero-order chi connectivity index (χ0) is 28.1. The number of aliphatic hydroxyl groups is 1. The van der Waals surface area contributed by atoms with E-state index in [1.54, 1.807) is 6.20 Å². The van der Waals surface area contributed by atoms with Gasteiger partial charge in [-0.3, -0.25) is 0 Å². The molecule has 2 heterocycles. The molecule has 2 saturated carbocycles. The SMILES string of the molecule is CC(C)(C)NC(=O)OC1(c2ccc(-c3nc4ccnc(C#N)c4cc3-c3ccccc3)cc2)CC(O)(C2CC2)C1. The smallest absolute Gasteiger partial charge is 0.408 e. The fourth-order valence-electron chi connectivity index (χ4n) is 5.87. The number of carbonyl (C=O) groups excluding carboxylic acids is 1. The van der Waals surface area contributed by atoms with Crippen molar-refractivity contribution in [2.75, 3.05) is 0 Å². The van der Waals surface area contributed by atoms with Crippen LogP contribution in [0.4, 0.5) is 4.79 Å². The van der Waals surface area contributed by atoms with E-state index in [-0.39, 0.29) is 5.92 Å². The van der Waals surface area contributed by atoms with Crippen molar-refractivity contribution in [1.29, 1.82) is 5.26 Å². The fraction of sp³-hybridized carbons (Fsp3) is 0.333. The predicted molar refractivity (Wildman–Crippen MR) is 153 cm³/mol. The molecule has 2 aliphatic rings. The number of benzene rings is 2. The van der Waals surface area contributed by atoms with Gasteiger partial charge in [0.25, 0.3) is 0 Å². The number of nitriles is 1. The number of hydrogen-bond donors (Lipinski definition) is 2. The number of amides is 1. The van der Waals surface area contributed by atoms with Crippen molar-refractivity contribution in [3.05, 3.63) is 84.2 Å². The molecule has 2 aliphatic carbocycles. The van der Waals surface area contributed by atoms with Gasteiger partial charge < -0.3 is 15.2 Å². The number of nitrogens with zero attached hydrogens (tertiary/aromatic N) is 3. The summed E-state index contributed by atoms with van der Waals surface area (Å²) in [6, 6.07) is 23.8. The first-order chi connectivity index (χ1) is 19.1. The molecule has 2 N–H and O–H groups in total. The molecule has 202 valence electrons. The molecule has 0 unspecified atom stereocenters. The first-order valence-corrected chi connectivity index (χ1v) is 13.7. The first kappa shape index (κ1) is 26.0. The molecule has 0 spiro atoms. The van der Waals surface area contributed by atoms with E-state index in [1.807, 2.05) is 87.5 Å². The van der Waals surface area contributed by atoms with E-state index in [0.29, 0.717) is 29.4 Å². The van der Waals surface area contributed by atoms with Crippen LogP contribution in [0.3, 0.4) is 0 Å². The van der Waals surface area contributed by atoms with Crippen molar-refractivity contribution in [2.45, 2.75) is 63.2 Å². The number of rotatable bonds is 5. The normalized spacial score (nSPS) is 22.3. The Balaban J connectivity index is 1.40. The lowest BCUT2D eigenvalue weighted by atomic mass is 9.62. The van der Waals surface area contributed by atoms with E-state index >= 15 is 0 Å². The Morgan fingerprint density at radius 2 is 1.75 bits per heavy atom. The molecule has 1 amide bonds. The lowest BCUT2D eigenvalue weighted by molar-refractivity contribution is -0.196. The second kappa shape index (κ2) is 9.42. The Morgan fingerprint density at radius 3 is 2.38 bits per heavy atom. The molecule has 0 aliphatic heterocycles. The van der Waals surface area contributed by atoms with Crippen LogP contribution in [0.1, 0.15) is 57.7 Å². The van der Waals surface area contributed by atoms with Crippen molar-refractivity contribution in [3.63, 3.8) is 0 Å². The highest BCUT2D eigenvalue weighted by molar-refractivity contribution is 5.93. The van der Waals surface area contributed by atoms with Crippen LogP contribution >= 0.6 is 0 Å². The van der Waals surface area contributed by atoms with Crippen LogP contribution in [-0.4, -0.2) is 32.3 Å². The summed E-state index contributed by atoms with van der Waals surface area (Å²) in [6.07, 6.45) is 3.91. The molecule has 0 atom stereocenters. The van der Waals surface area contributed by atoms with Gasteiger partial charge in [-0.15, -0.1) is 0 Å². The average molecular weight is 533 g/mol. The number of hydrogen-bond acceptors (Lipinski definition) is 6. The van der Waals surface area contributed by atoms with Crippen LogP contribution in [0.15, 0.2) is 72.9 Å². The summed E-state index contributed by atoms with van der Waals surface area (Å²) in [5.74, 6) is 0.275. The first-order valence-electron chi connectivity index (χ1n) is 13.7. The van der Waals surface area contributed by atoms with Crippen LogP contribution in [0.5, 0.6) is 0 Å². The molecule has 0 bridgehead atoms. The Morgan fingerprint density at radius 1 is 1.05 bits per heavy atom. The number of aromatic nitrogens is 2. The monoisotopic (exact) mass is 532 g/mol. The minimum absolute atomic E-state index is 0.275. The van der Waals surface area contributed by atoms with Gasteiger partial charge >= 0.3 is 6.09 Å². The van der Waals surface area contributed by atoms with Crippen LogP contribution in [-0.2, 0) is 10.3 Å². The number of alkyl carbamates (subject to hydrolysis) is 1. The molecule has 7 heteroatoms. The van der Waals surface area contributed by atoms with Crippen molar-refractivity contribution < 1.29 is 14.6 Å². The second-order valence-electron chi connectivity index (χ2n) is 12.2. The maximum absolute atomic E-state index is 12.9. The molecule has 2 fully saturated rings. The molecule has 0 saturated heterocycles. The van der Waals surface area contributed by atoms with Gasteiger partial charge in [-0.05, 0) is 62.8 Å². The van der Waals surface area contributed by atoms with E-state index in [4.69, 9.17) is 9.72 Å². The van der Waals surface area contributed by atoms with E-state index in [9.17, 15) is 15.2 Å². The van der Waals surface area contributed by atoms with Gasteiger partial charge in [0.15, 0.2) is 0 Å². The van der Waals surface area contributed by atoms with E-state index in [0.717, 1.165) is 40.8 Å². The van der Waals surface area contributed by atoms with Crippen molar-refractivity contribution in [2.24, 2.45) is 5.92 Å². The number of pyridine rings is 2.